The van der Waals surface area contributed by atoms with Crippen LogP contribution in [0, 0.1) is 0 Å². The summed E-state index contributed by atoms with van der Waals surface area (Å²) >= 11 is 4.12. The van der Waals surface area contributed by atoms with Gasteiger partial charge in [0.25, 0.3) is 0 Å². The summed E-state index contributed by atoms with van der Waals surface area (Å²) in [4.78, 5) is 24.0. The third-order valence-electron chi connectivity index (χ3n) is 4.20. The monoisotopic (exact) mass is 472 g/mol. The van der Waals surface area contributed by atoms with Gasteiger partial charge in [0.05, 0.1) is 11.5 Å². The van der Waals surface area contributed by atoms with Crippen molar-refractivity contribution in [3.8, 4) is 0 Å². The predicted octanol–water partition coefficient (Wildman–Crippen LogP) is 3.44. The van der Waals surface area contributed by atoms with Crippen LogP contribution >= 0.6 is 34.9 Å². The van der Waals surface area contributed by atoms with Gasteiger partial charge in [-0.05, 0) is 24.0 Å². The first-order valence-corrected chi connectivity index (χ1v) is 12.7. The zero-order valence-corrected chi connectivity index (χ0v) is 19.4. The highest BCUT2D eigenvalue weighted by Crippen LogP contribution is 2.28. The Morgan fingerprint density at radius 1 is 0.710 bits per heavy atom. The highest BCUT2D eigenvalue weighted by Gasteiger charge is 2.10. The minimum absolute atomic E-state index is 0.0249. The molecule has 0 aliphatic heterocycles. The van der Waals surface area contributed by atoms with E-state index < -0.39 is 0 Å². The van der Waals surface area contributed by atoms with Gasteiger partial charge < -0.3 is 10.6 Å². The fourth-order valence-electron chi connectivity index (χ4n) is 2.65. The molecule has 0 radical (unpaired) electrons. The first-order valence-electron chi connectivity index (χ1n) is 9.89. The number of aromatic nitrogens is 2. The van der Waals surface area contributed by atoms with Crippen molar-refractivity contribution in [3.63, 3.8) is 0 Å². The molecular weight excluding hydrogens is 448 g/mol. The summed E-state index contributed by atoms with van der Waals surface area (Å²) in [6, 6.07) is 20.1. The molecule has 0 aliphatic carbocycles. The van der Waals surface area contributed by atoms with Crippen molar-refractivity contribution in [2.45, 2.75) is 21.5 Å². The molecular formula is C22H24N4O2S3. The van der Waals surface area contributed by atoms with E-state index in [1.165, 1.54) is 46.0 Å². The number of hydrogen-bond donors (Lipinski definition) is 2. The van der Waals surface area contributed by atoms with Gasteiger partial charge in [-0.15, -0.1) is 10.2 Å². The Kier molecular flexibility index (Phi) is 9.88. The van der Waals surface area contributed by atoms with E-state index in [0.717, 1.165) is 21.5 Å². The topological polar surface area (TPSA) is 84.0 Å². The molecule has 0 spiro atoms. The lowest BCUT2D eigenvalue weighted by Crippen LogP contribution is -2.27. The van der Waals surface area contributed by atoms with Crippen LogP contribution in [0.2, 0.25) is 0 Å². The molecule has 31 heavy (non-hydrogen) atoms. The molecule has 0 saturated heterocycles. The van der Waals surface area contributed by atoms with Crippen molar-refractivity contribution in [1.82, 2.24) is 20.8 Å². The molecule has 3 rings (SSSR count). The van der Waals surface area contributed by atoms with Crippen molar-refractivity contribution >= 4 is 46.7 Å². The van der Waals surface area contributed by atoms with E-state index >= 15 is 0 Å². The van der Waals surface area contributed by atoms with Crippen LogP contribution in [0.25, 0.3) is 0 Å². The van der Waals surface area contributed by atoms with Crippen molar-refractivity contribution < 1.29 is 9.59 Å². The average molecular weight is 473 g/mol. The lowest BCUT2D eigenvalue weighted by molar-refractivity contribution is -0.119. The fraction of sp³-hybridized carbons (Fsp3) is 0.273. The van der Waals surface area contributed by atoms with Gasteiger partial charge in [-0.3, -0.25) is 9.59 Å². The highest BCUT2D eigenvalue weighted by atomic mass is 32.2. The van der Waals surface area contributed by atoms with Gasteiger partial charge in [-0.1, -0.05) is 95.5 Å². The summed E-state index contributed by atoms with van der Waals surface area (Å²) in [5.41, 5.74) is 2.40. The molecule has 0 aliphatic rings. The van der Waals surface area contributed by atoms with Crippen LogP contribution in [0.1, 0.15) is 11.1 Å². The maximum absolute atomic E-state index is 12.0. The van der Waals surface area contributed by atoms with Crippen LogP contribution in [0.15, 0.2) is 69.3 Å². The third-order valence-corrected chi connectivity index (χ3v) is 7.39. The van der Waals surface area contributed by atoms with Crippen LogP contribution in [0.5, 0.6) is 0 Å². The molecule has 2 aromatic carbocycles. The van der Waals surface area contributed by atoms with Crippen LogP contribution in [-0.2, 0) is 22.4 Å². The number of carbonyl (C=O) groups excluding carboxylic acids is 2. The normalized spacial score (nSPS) is 10.6. The summed E-state index contributed by atoms with van der Waals surface area (Å²) in [5.74, 6) is 0.550. The summed E-state index contributed by atoms with van der Waals surface area (Å²) in [6.45, 7) is 1.22. The van der Waals surface area contributed by atoms with Gasteiger partial charge >= 0.3 is 0 Å². The molecule has 1 heterocycles. The standard InChI is InChI=1S/C22H24N4O2S3/c27-19(23-13-11-17-7-3-1-4-8-17)15-29-21-25-26-22(31-21)30-16-20(28)24-14-12-18-9-5-2-6-10-18/h1-10H,11-16H2,(H,23,27)(H,24,28). The Morgan fingerprint density at radius 3 is 1.55 bits per heavy atom. The van der Waals surface area contributed by atoms with E-state index in [4.69, 9.17) is 0 Å². The van der Waals surface area contributed by atoms with Gasteiger partial charge in [0.2, 0.25) is 11.8 Å². The first-order chi connectivity index (χ1) is 15.2. The molecule has 1 aromatic heterocycles. The SMILES string of the molecule is O=C(CSc1nnc(SCC(=O)NCCc2ccccc2)s1)NCCc1ccccc1. The minimum atomic E-state index is -0.0249. The number of rotatable bonds is 12. The zero-order chi connectivity index (χ0) is 21.7. The third kappa shape index (κ3) is 9.12. The molecule has 0 saturated carbocycles. The molecule has 0 bridgehead atoms. The maximum atomic E-state index is 12.0. The van der Waals surface area contributed by atoms with Crippen LogP contribution < -0.4 is 10.6 Å². The van der Waals surface area contributed by atoms with Gasteiger partial charge in [0.15, 0.2) is 8.68 Å². The number of benzene rings is 2. The average Bonchev–Trinajstić information content (AvgIpc) is 3.26. The lowest BCUT2D eigenvalue weighted by atomic mass is 10.1. The number of nitrogens with zero attached hydrogens (tertiary/aromatic N) is 2. The fourth-order valence-corrected chi connectivity index (χ4v) is 5.33. The van der Waals surface area contributed by atoms with Gasteiger partial charge in [0.1, 0.15) is 0 Å². The minimum Gasteiger partial charge on any atom is -0.355 e. The molecule has 162 valence electrons. The van der Waals surface area contributed by atoms with Crippen LogP contribution in [0.4, 0.5) is 0 Å². The second-order valence-corrected chi connectivity index (χ2v) is 10.0. The van der Waals surface area contributed by atoms with E-state index in [9.17, 15) is 9.59 Å². The van der Waals surface area contributed by atoms with E-state index in [-0.39, 0.29) is 11.8 Å². The molecule has 2 amide bonds. The zero-order valence-electron chi connectivity index (χ0n) is 17.0. The van der Waals surface area contributed by atoms with Gasteiger partial charge in [-0.2, -0.15) is 0 Å². The summed E-state index contributed by atoms with van der Waals surface area (Å²) in [7, 11) is 0. The molecule has 0 unspecified atom stereocenters. The van der Waals surface area contributed by atoms with E-state index in [0.29, 0.717) is 24.6 Å². The van der Waals surface area contributed by atoms with Crippen LogP contribution in [0.3, 0.4) is 0 Å². The van der Waals surface area contributed by atoms with E-state index in [1.54, 1.807) is 0 Å². The van der Waals surface area contributed by atoms with Crippen LogP contribution in [-0.4, -0.2) is 46.6 Å². The Hall–Kier alpha value is -2.36. The molecule has 2 N–H and O–H groups in total. The Labute approximate surface area is 194 Å². The smallest absolute Gasteiger partial charge is 0.230 e. The molecule has 9 heteroatoms. The molecule has 3 aromatic rings. The lowest BCUT2D eigenvalue weighted by Gasteiger charge is -2.04. The summed E-state index contributed by atoms with van der Waals surface area (Å²) in [5, 5.41) is 14.0. The number of nitrogens with one attached hydrogen (secondary N) is 2. The number of amides is 2. The largest absolute Gasteiger partial charge is 0.355 e. The second-order valence-electron chi connectivity index (χ2n) is 6.58. The number of carbonyl (C=O) groups is 2. The highest BCUT2D eigenvalue weighted by molar-refractivity contribution is 8.03. The van der Waals surface area contributed by atoms with Gasteiger partial charge in [-0.25, -0.2) is 0 Å². The Morgan fingerprint density at radius 2 is 1.13 bits per heavy atom. The van der Waals surface area contributed by atoms with E-state index in [2.05, 4.69) is 20.8 Å². The number of hydrogen-bond acceptors (Lipinski definition) is 7. The molecule has 0 atom stereocenters. The van der Waals surface area contributed by atoms with Crippen molar-refractivity contribution in [3.05, 3.63) is 71.8 Å². The Balaban J connectivity index is 1.28. The summed E-state index contributed by atoms with van der Waals surface area (Å²) in [6.07, 6.45) is 1.62. The van der Waals surface area contributed by atoms with Crippen molar-refractivity contribution in [2.24, 2.45) is 0 Å². The summed E-state index contributed by atoms with van der Waals surface area (Å²) < 4.78 is 1.45. The quantitative estimate of drug-likeness (QED) is 0.393. The second kappa shape index (κ2) is 13.1. The molecule has 6 nitrogen and oxygen atoms in total. The first kappa shape index (κ1) is 23.3. The predicted molar refractivity (Wildman–Crippen MR) is 128 cm³/mol. The van der Waals surface area contributed by atoms with E-state index in [1.807, 2.05) is 60.7 Å². The number of thioether (sulfide) groups is 2. The van der Waals surface area contributed by atoms with Gasteiger partial charge in [0, 0.05) is 13.1 Å². The Bertz CT molecular complexity index is 876. The van der Waals surface area contributed by atoms with Crippen molar-refractivity contribution in [1.29, 1.82) is 0 Å². The molecule has 0 fully saturated rings. The maximum Gasteiger partial charge on any atom is 0.230 e. The van der Waals surface area contributed by atoms with Crippen molar-refractivity contribution in [2.75, 3.05) is 24.6 Å².